The second-order valence-electron chi connectivity index (χ2n) is 4.98. The molecule has 0 bridgehead atoms. The van der Waals surface area contributed by atoms with Gasteiger partial charge in [-0.3, -0.25) is 0 Å². The van der Waals surface area contributed by atoms with E-state index < -0.39 is 6.09 Å². The summed E-state index contributed by atoms with van der Waals surface area (Å²) in [6.45, 7) is 8.50. The number of hydrogen-bond acceptors (Lipinski definition) is 6. The molecule has 120 valence electrons. The average molecular weight is 299 g/mol. The highest BCUT2D eigenvalue weighted by atomic mass is 16.5. The van der Waals surface area contributed by atoms with Crippen LogP contribution >= 0.6 is 0 Å². The van der Waals surface area contributed by atoms with Crippen LogP contribution in [0.4, 0.5) is 4.79 Å². The van der Waals surface area contributed by atoms with Crippen LogP contribution in [0.2, 0.25) is 0 Å². The van der Waals surface area contributed by atoms with E-state index in [0.29, 0.717) is 19.1 Å². The molecule has 0 spiro atoms. The van der Waals surface area contributed by atoms with Crippen molar-refractivity contribution in [2.75, 3.05) is 13.2 Å². The molecule has 0 aliphatic heterocycles. The molecular formula is C14H25N3O4. The summed E-state index contributed by atoms with van der Waals surface area (Å²) in [5, 5.41) is 0. The van der Waals surface area contributed by atoms with Crippen molar-refractivity contribution in [2.45, 2.75) is 52.5 Å². The van der Waals surface area contributed by atoms with E-state index in [2.05, 4.69) is 27.4 Å². The number of nitrogens with two attached hydrogens (primary N) is 1. The lowest BCUT2D eigenvalue weighted by Gasteiger charge is -2.25. The van der Waals surface area contributed by atoms with Gasteiger partial charge in [0.05, 0.1) is 18.7 Å². The summed E-state index contributed by atoms with van der Waals surface area (Å²) in [6, 6.07) is 0. The van der Waals surface area contributed by atoms with Crippen LogP contribution in [0.25, 0.3) is 0 Å². The molecule has 7 heteroatoms. The Kier molecular flexibility index (Phi) is 13.2. The lowest BCUT2D eigenvalue weighted by molar-refractivity contribution is 0.163. The largest absolute Gasteiger partial charge is 0.450 e. The van der Waals surface area contributed by atoms with Crippen molar-refractivity contribution < 1.29 is 19.1 Å². The van der Waals surface area contributed by atoms with E-state index in [4.69, 9.17) is 0 Å². The van der Waals surface area contributed by atoms with Gasteiger partial charge in [0.2, 0.25) is 12.2 Å². The monoisotopic (exact) mass is 299 g/mol. The Labute approximate surface area is 125 Å². The minimum absolute atomic E-state index is 0.319. The third kappa shape index (κ3) is 14.3. The van der Waals surface area contributed by atoms with Crippen LogP contribution in [0.1, 0.15) is 47.0 Å². The summed E-state index contributed by atoms with van der Waals surface area (Å²) in [5.41, 5.74) is 4.19. The fourth-order valence-electron chi connectivity index (χ4n) is 1.41. The first-order valence-corrected chi connectivity index (χ1v) is 6.86. The van der Waals surface area contributed by atoms with E-state index in [0.717, 1.165) is 19.3 Å². The van der Waals surface area contributed by atoms with E-state index in [1.165, 1.54) is 6.08 Å². The SMILES string of the molecule is CC(CCCCN=C=O)C(C)(C)N=C=O.CCOC(N)=O. The Morgan fingerprint density at radius 2 is 1.90 bits per heavy atom. The first-order valence-electron chi connectivity index (χ1n) is 6.86. The average Bonchev–Trinajstić information content (AvgIpc) is 2.38. The molecule has 0 saturated heterocycles. The zero-order valence-electron chi connectivity index (χ0n) is 13.2. The summed E-state index contributed by atoms with van der Waals surface area (Å²) in [4.78, 5) is 36.8. The Balaban J connectivity index is 0. The molecule has 1 unspecified atom stereocenters. The molecule has 2 N–H and O–H groups in total. The van der Waals surface area contributed by atoms with Crippen LogP contribution < -0.4 is 5.73 Å². The predicted molar refractivity (Wildman–Crippen MR) is 79.4 cm³/mol. The number of primary amides is 1. The highest BCUT2D eigenvalue weighted by Crippen LogP contribution is 2.25. The van der Waals surface area contributed by atoms with Gasteiger partial charge in [-0.05, 0) is 39.5 Å². The number of amides is 1. The molecule has 21 heavy (non-hydrogen) atoms. The van der Waals surface area contributed by atoms with Crippen molar-refractivity contribution in [3.05, 3.63) is 0 Å². The first-order chi connectivity index (χ1) is 9.81. The Morgan fingerprint density at radius 3 is 2.29 bits per heavy atom. The van der Waals surface area contributed by atoms with E-state index in [1.54, 1.807) is 13.0 Å². The summed E-state index contributed by atoms with van der Waals surface area (Å²) in [5.74, 6) is 0.319. The van der Waals surface area contributed by atoms with Crippen molar-refractivity contribution >= 4 is 18.3 Å². The second-order valence-corrected chi connectivity index (χ2v) is 4.98. The molecule has 0 aromatic rings. The molecule has 0 aliphatic carbocycles. The molecular weight excluding hydrogens is 274 g/mol. The van der Waals surface area contributed by atoms with E-state index in [1.807, 2.05) is 13.8 Å². The molecule has 0 aromatic carbocycles. The van der Waals surface area contributed by atoms with E-state index >= 15 is 0 Å². The maximum atomic E-state index is 10.2. The molecule has 7 nitrogen and oxygen atoms in total. The minimum Gasteiger partial charge on any atom is -0.450 e. The fourth-order valence-corrected chi connectivity index (χ4v) is 1.41. The van der Waals surface area contributed by atoms with Gasteiger partial charge < -0.3 is 10.5 Å². The number of nitrogens with zero attached hydrogens (tertiary/aromatic N) is 2. The highest BCUT2D eigenvalue weighted by molar-refractivity contribution is 5.64. The molecule has 0 rings (SSSR count). The Bertz CT molecular complexity index is 384. The van der Waals surface area contributed by atoms with Crippen LogP contribution in [0, 0.1) is 5.92 Å². The summed E-state index contributed by atoms with van der Waals surface area (Å²) in [6.07, 6.45) is 5.22. The number of ether oxygens (including phenoxy) is 1. The van der Waals surface area contributed by atoms with Gasteiger partial charge in [-0.25, -0.2) is 19.4 Å². The molecule has 0 aromatic heterocycles. The maximum Gasteiger partial charge on any atom is 0.404 e. The number of carbonyl (C=O) groups excluding carboxylic acids is 3. The zero-order chi connectivity index (χ0) is 16.7. The first kappa shape index (κ1) is 21.3. The van der Waals surface area contributed by atoms with Crippen LogP contribution in [0.15, 0.2) is 9.98 Å². The van der Waals surface area contributed by atoms with E-state index in [-0.39, 0.29) is 5.54 Å². The lowest BCUT2D eigenvalue weighted by Crippen LogP contribution is -2.26. The van der Waals surface area contributed by atoms with Crippen molar-refractivity contribution in [2.24, 2.45) is 21.6 Å². The molecule has 1 atom stereocenters. The van der Waals surface area contributed by atoms with Crippen molar-refractivity contribution in [3.8, 4) is 0 Å². The number of hydrogen-bond donors (Lipinski definition) is 1. The number of carbonyl (C=O) groups is 1. The third-order valence-corrected chi connectivity index (χ3v) is 3.05. The van der Waals surface area contributed by atoms with Crippen molar-refractivity contribution in [3.63, 3.8) is 0 Å². The van der Waals surface area contributed by atoms with Crippen molar-refractivity contribution in [1.82, 2.24) is 0 Å². The van der Waals surface area contributed by atoms with Gasteiger partial charge in [-0.15, -0.1) is 0 Å². The fraction of sp³-hybridized carbons (Fsp3) is 0.786. The smallest absolute Gasteiger partial charge is 0.404 e. The standard InChI is InChI=1S/C11H18N2O2.C3H7NO2/c1-10(11(2,3)13-9-15)6-4-5-7-12-8-14;1-2-6-3(4)5/h10H,4-7H2,1-3H3;2H2,1H3,(H2,4,5). The molecule has 0 saturated carbocycles. The van der Waals surface area contributed by atoms with E-state index in [9.17, 15) is 14.4 Å². The normalized spacial score (nSPS) is 11.0. The van der Waals surface area contributed by atoms with Gasteiger partial charge in [0.1, 0.15) is 0 Å². The topological polar surface area (TPSA) is 111 Å². The van der Waals surface area contributed by atoms with Gasteiger partial charge in [0.15, 0.2) is 0 Å². The molecule has 0 heterocycles. The highest BCUT2D eigenvalue weighted by Gasteiger charge is 2.24. The number of rotatable bonds is 8. The number of isocyanates is 2. The molecule has 0 aliphatic rings. The maximum absolute atomic E-state index is 10.2. The predicted octanol–water partition coefficient (Wildman–Crippen LogP) is 2.34. The van der Waals surface area contributed by atoms with Gasteiger partial charge in [-0.1, -0.05) is 13.3 Å². The summed E-state index contributed by atoms with van der Waals surface area (Å²) >= 11 is 0. The Hall–Kier alpha value is -1.97. The third-order valence-electron chi connectivity index (χ3n) is 3.05. The quantitative estimate of drug-likeness (QED) is 0.421. The van der Waals surface area contributed by atoms with Crippen LogP contribution in [0.3, 0.4) is 0 Å². The summed E-state index contributed by atoms with van der Waals surface area (Å²) in [7, 11) is 0. The zero-order valence-corrected chi connectivity index (χ0v) is 13.2. The van der Waals surface area contributed by atoms with Crippen molar-refractivity contribution in [1.29, 1.82) is 0 Å². The second kappa shape index (κ2) is 13.0. The van der Waals surface area contributed by atoms with Gasteiger partial charge in [0.25, 0.3) is 0 Å². The molecule has 0 fully saturated rings. The van der Waals surface area contributed by atoms with Crippen LogP contribution in [-0.2, 0) is 14.3 Å². The summed E-state index contributed by atoms with van der Waals surface area (Å²) < 4.78 is 4.18. The lowest BCUT2D eigenvalue weighted by atomic mass is 9.86. The molecule has 0 radical (unpaired) electrons. The van der Waals surface area contributed by atoms with Gasteiger partial charge >= 0.3 is 6.09 Å². The van der Waals surface area contributed by atoms with Crippen LogP contribution in [-0.4, -0.2) is 36.9 Å². The Morgan fingerprint density at radius 1 is 1.29 bits per heavy atom. The number of aliphatic imine (C=N–C) groups is 2. The molecule has 1 amide bonds. The minimum atomic E-state index is -0.711. The van der Waals surface area contributed by atoms with Crippen LogP contribution in [0.5, 0.6) is 0 Å². The van der Waals surface area contributed by atoms with Gasteiger partial charge in [0, 0.05) is 0 Å². The van der Waals surface area contributed by atoms with Gasteiger partial charge in [-0.2, -0.15) is 4.99 Å². The number of unbranched alkanes of at least 4 members (excludes halogenated alkanes) is 1.